The summed E-state index contributed by atoms with van der Waals surface area (Å²) in [7, 11) is 0. The number of carbonyl (C=O) groups is 4. The van der Waals surface area contributed by atoms with Gasteiger partial charge in [0.1, 0.15) is 30.3 Å². The lowest BCUT2D eigenvalue weighted by molar-refractivity contribution is -0.138. The van der Waals surface area contributed by atoms with E-state index in [4.69, 9.17) is 4.74 Å². The van der Waals surface area contributed by atoms with Crippen LogP contribution < -0.4 is 20.3 Å². The summed E-state index contributed by atoms with van der Waals surface area (Å²) < 4.78 is 5.94. The average Bonchev–Trinajstić information content (AvgIpc) is 2.98. The molecule has 0 bridgehead atoms. The van der Waals surface area contributed by atoms with E-state index in [-0.39, 0.29) is 36.3 Å². The summed E-state index contributed by atoms with van der Waals surface area (Å²) in [6.45, 7) is 8.76. The number of pyridine rings is 1. The third kappa shape index (κ3) is 7.74. The normalized spacial score (nSPS) is 21.0. The van der Waals surface area contributed by atoms with Gasteiger partial charge in [-0.1, -0.05) is 32.0 Å². The van der Waals surface area contributed by atoms with Crippen molar-refractivity contribution in [2.75, 3.05) is 50.8 Å². The molecule has 2 atom stereocenters. The van der Waals surface area contributed by atoms with Gasteiger partial charge < -0.3 is 30.1 Å². The Balaban J connectivity index is 1.57. The van der Waals surface area contributed by atoms with E-state index in [1.165, 1.54) is 0 Å². The molecule has 41 heavy (non-hydrogen) atoms. The summed E-state index contributed by atoms with van der Waals surface area (Å²) in [4.78, 5) is 63.7. The maximum Gasteiger partial charge on any atom is 0.255 e. The summed E-state index contributed by atoms with van der Waals surface area (Å²) in [5, 5.41) is 5.65. The van der Waals surface area contributed by atoms with E-state index in [0.717, 1.165) is 5.82 Å². The van der Waals surface area contributed by atoms with Crippen molar-refractivity contribution in [3.63, 3.8) is 0 Å². The topological polar surface area (TPSA) is 124 Å². The molecular weight excluding hydrogens is 524 g/mol. The van der Waals surface area contributed by atoms with Crippen molar-refractivity contribution in [3.05, 3.63) is 54.2 Å². The SMILES string of the molecule is CCN1CCOc2ccccc2C(=O)N[C@H](C(=O)N2CCN(c3ccccn3)CC2)CC(=O)N[C@@H](CC(C)C)C1=O. The lowest BCUT2D eigenvalue weighted by Crippen LogP contribution is -2.57. The number of amides is 4. The van der Waals surface area contributed by atoms with Gasteiger partial charge in [0.05, 0.1) is 18.5 Å². The number of anilines is 1. The molecule has 11 heteroatoms. The van der Waals surface area contributed by atoms with Crippen LogP contribution in [0.25, 0.3) is 0 Å². The van der Waals surface area contributed by atoms with Crippen LogP contribution in [0.1, 0.15) is 44.0 Å². The highest BCUT2D eigenvalue weighted by atomic mass is 16.5. The van der Waals surface area contributed by atoms with E-state index in [2.05, 4.69) is 20.5 Å². The number of nitrogens with zero attached hydrogens (tertiary/aromatic N) is 4. The molecule has 2 aliphatic heterocycles. The quantitative estimate of drug-likeness (QED) is 0.567. The molecule has 1 aromatic carbocycles. The first-order valence-electron chi connectivity index (χ1n) is 14.3. The minimum Gasteiger partial charge on any atom is -0.491 e. The predicted octanol–water partition coefficient (Wildman–Crippen LogP) is 1.69. The molecule has 3 heterocycles. The Morgan fingerprint density at radius 2 is 1.73 bits per heavy atom. The van der Waals surface area contributed by atoms with Gasteiger partial charge in [0.15, 0.2) is 0 Å². The highest BCUT2D eigenvalue weighted by molar-refractivity contribution is 6.01. The second-order valence-electron chi connectivity index (χ2n) is 10.7. The number of piperazine rings is 1. The van der Waals surface area contributed by atoms with Gasteiger partial charge in [-0.2, -0.15) is 0 Å². The van der Waals surface area contributed by atoms with Gasteiger partial charge in [-0.15, -0.1) is 0 Å². The molecule has 1 fully saturated rings. The molecule has 0 aliphatic carbocycles. The Morgan fingerprint density at radius 3 is 2.41 bits per heavy atom. The summed E-state index contributed by atoms with van der Waals surface area (Å²) in [6, 6.07) is 10.6. The Morgan fingerprint density at radius 1 is 1.00 bits per heavy atom. The van der Waals surface area contributed by atoms with Crippen LogP contribution in [0.15, 0.2) is 48.7 Å². The maximum absolute atomic E-state index is 13.8. The fraction of sp³-hybridized carbons (Fsp3) is 0.500. The second-order valence-corrected chi connectivity index (χ2v) is 10.7. The Hall–Kier alpha value is -4.15. The molecule has 0 unspecified atom stereocenters. The molecule has 2 aliphatic rings. The van der Waals surface area contributed by atoms with E-state index >= 15 is 0 Å². The number of rotatable bonds is 5. The van der Waals surface area contributed by atoms with Crippen molar-refractivity contribution in [1.82, 2.24) is 25.4 Å². The minimum absolute atomic E-state index is 0.150. The Bertz CT molecular complexity index is 1210. The number of fused-ring (bicyclic) bond motifs is 1. The number of aromatic nitrogens is 1. The largest absolute Gasteiger partial charge is 0.491 e. The first kappa shape index (κ1) is 29.8. The summed E-state index contributed by atoms with van der Waals surface area (Å²) in [5.74, 6) is -0.168. The van der Waals surface area contributed by atoms with E-state index < -0.39 is 23.9 Å². The first-order valence-corrected chi connectivity index (χ1v) is 14.3. The maximum atomic E-state index is 13.8. The van der Waals surface area contributed by atoms with Gasteiger partial charge in [-0.05, 0) is 43.5 Å². The number of hydrogen-bond donors (Lipinski definition) is 2. The molecule has 0 radical (unpaired) electrons. The van der Waals surface area contributed by atoms with Crippen molar-refractivity contribution < 1.29 is 23.9 Å². The van der Waals surface area contributed by atoms with Crippen LogP contribution >= 0.6 is 0 Å². The lowest BCUT2D eigenvalue weighted by Gasteiger charge is -2.37. The van der Waals surface area contributed by atoms with Gasteiger partial charge in [0.25, 0.3) is 5.91 Å². The number of benzene rings is 1. The fourth-order valence-corrected chi connectivity index (χ4v) is 5.18. The standard InChI is InChI=1S/C30H40N6O5/c1-4-34-17-18-41-25-10-6-5-9-22(25)28(38)33-24(20-27(37)32-23(29(34)39)19-21(2)3)30(40)36-15-13-35(14-16-36)26-11-7-8-12-31-26/h5-12,21,23-24H,4,13-20H2,1-3H3,(H,32,37)(H,33,38)/t23-,24-/m0/s1. The zero-order valence-corrected chi connectivity index (χ0v) is 24.0. The van der Waals surface area contributed by atoms with Crippen molar-refractivity contribution in [3.8, 4) is 5.75 Å². The molecule has 0 saturated carbocycles. The van der Waals surface area contributed by atoms with Gasteiger partial charge in [0, 0.05) is 38.9 Å². The van der Waals surface area contributed by atoms with E-state index in [1.807, 2.05) is 39.0 Å². The van der Waals surface area contributed by atoms with E-state index in [9.17, 15) is 19.2 Å². The van der Waals surface area contributed by atoms with Crippen molar-refractivity contribution in [1.29, 1.82) is 0 Å². The predicted molar refractivity (Wildman–Crippen MR) is 154 cm³/mol. The molecule has 220 valence electrons. The molecule has 4 rings (SSSR count). The molecule has 4 amide bonds. The van der Waals surface area contributed by atoms with Crippen LogP contribution in [0.4, 0.5) is 5.82 Å². The van der Waals surface area contributed by atoms with Crippen molar-refractivity contribution in [2.45, 2.75) is 45.7 Å². The molecule has 0 spiro atoms. The highest BCUT2D eigenvalue weighted by Gasteiger charge is 2.33. The number of hydrogen-bond acceptors (Lipinski definition) is 7. The van der Waals surface area contributed by atoms with Gasteiger partial charge >= 0.3 is 0 Å². The molecule has 1 aromatic heterocycles. The minimum atomic E-state index is -1.11. The zero-order chi connectivity index (χ0) is 29.4. The number of carbonyl (C=O) groups excluding carboxylic acids is 4. The van der Waals surface area contributed by atoms with Gasteiger partial charge in [0.2, 0.25) is 17.7 Å². The van der Waals surface area contributed by atoms with Gasteiger partial charge in [-0.25, -0.2) is 4.98 Å². The number of para-hydroxylation sites is 1. The summed E-state index contributed by atoms with van der Waals surface area (Å²) in [6.07, 6.45) is 1.89. The van der Waals surface area contributed by atoms with Crippen LogP contribution in [0.2, 0.25) is 0 Å². The van der Waals surface area contributed by atoms with Crippen molar-refractivity contribution >= 4 is 29.4 Å². The van der Waals surface area contributed by atoms with Crippen LogP contribution in [-0.4, -0.2) is 96.4 Å². The first-order chi connectivity index (χ1) is 19.8. The third-order valence-corrected chi connectivity index (χ3v) is 7.34. The smallest absolute Gasteiger partial charge is 0.255 e. The fourth-order valence-electron chi connectivity index (χ4n) is 5.18. The van der Waals surface area contributed by atoms with Crippen molar-refractivity contribution in [2.24, 2.45) is 5.92 Å². The number of ether oxygens (including phenoxy) is 1. The lowest BCUT2D eigenvalue weighted by atomic mass is 10.0. The number of likely N-dealkylation sites (N-methyl/N-ethyl adjacent to an activating group) is 1. The number of nitrogens with one attached hydrogen (secondary N) is 2. The van der Waals surface area contributed by atoms with E-state index in [1.54, 1.807) is 40.3 Å². The third-order valence-electron chi connectivity index (χ3n) is 7.34. The average molecular weight is 565 g/mol. The second kappa shape index (κ2) is 14.0. The Kier molecular flexibility index (Phi) is 10.2. The Labute approximate surface area is 241 Å². The molecule has 2 aromatic rings. The molecule has 2 N–H and O–H groups in total. The van der Waals surface area contributed by atoms with Crippen LogP contribution in [-0.2, 0) is 14.4 Å². The zero-order valence-electron chi connectivity index (χ0n) is 24.0. The summed E-state index contributed by atoms with van der Waals surface area (Å²) in [5.41, 5.74) is 0.259. The summed E-state index contributed by atoms with van der Waals surface area (Å²) >= 11 is 0. The molecular formula is C30H40N6O5. The monoisotopic (exact) mass is 564 g/mol. The van der Waals surface area contributed by atoms with Gasteiger partial charge in [-0.3, -0.25) is 19.2 Å². The molecule has 11 nitrogen and oxygen atoms in total. The van der Waals surface area contributed by atoms with Crippen LogP contribution in [0, 0.1) is 5.92 Å². The van der Waals surface area contributed by atoms with Crippen LogP contribution in [0.5, 0.6) is 5.75 Å². The molecule has 1 saturated heterocycles. The van der Waals surface area contributed by atoms with Crippen LogP contribution in [0.3, 0.4) is 0 Å². The highest BCUT2D eigenvalue weighted by Crippen LogP contribution is 2.20. The van der Waals surface area contributed by atoms with E-state index in [0.29, 0.717) is 51.4 Å².